The van der Waals surface area contributed by atoms with Gasteiger partial charge in [0.15, 0.2) is 14.9 Å². The number of nitrogens with one attached hydrogen (secondary N) is 1. The molecule has 1 aliphatic heterocycles. The maximum absolute atomic E-state index is 11.9. The molecule has 1 rings (SSSR count). The fourth-order valence-electron chi connectivity index (χ4n) is 2.22. The lowest BCUT2D eigenvalue weighted by Gasteiger charge is -2.31. The summed E-state index contributed by atoms with van der Waals surface area (Å²) in [5, 5.41) is 2.55. The molecule has 0 spiro atoms. The molecule has 0 saturated carbocycles. The van der Waals surface area contributed by atoms with E-state index in [0.717, 1.165) is 38.6 Å². The van der Waals surface area contributed by atoms with Crippen molar-refractivity contribution in [2.45, 2.75) is 26.2 Å². The molecule has 1 fully saturated rings. The van der Waals surface area contributed by atoms with Gasteiger partial charge in [0.1, 0.15) is 0 Å². The quantitative estimate of drug-likeness (QED) is 0.671. The molecular formula is C11H24N2O4S2. The second kappa shape index (κ2) is 7.01. The number of sulfonamides is 1. The molecule has 1 saturated heterocycles. The Balaban J connectivity index is 2.45. The van der Waals surface area contributed by atoms with Crippen LogP contribution in [0.1, 0.15) is 26.2 Å². The molecule has 6 nitrogen and oxygen atoms in total. The highest BCUT2D eigenvalue weighted by atomic mass is 32.3. The van der Waals surface area contributed by atoms with Gasteiger partial charge in [0.25, 0.3) is 0 Å². The lowest BCUT2D eigenvalue weighted by molar-refractivity contribution is 0.268. The van der Waals surface area contributed by atoms with Gasteiger partial charge in [0.2, 0.25) is 10.0 Å². The van der Waals surface area contributed by atoms with Crippen molar-refractivity contribution in [3.05, 3.63) is 0 Å². The fourth-order valence-corrected chi connectivity index (χ4v) is 5.75. The van der Waals surface area contributed by atoms with Crippen LogP contribution in [0.4, 0.5) is 0 Å². The summed E-state index contributed by atoms with van der Waals surface area (Å²) >= 11 is 0. The first kappa shape index (κ1) is 16.9. The van der Waals surface area contributed by atoms with Crippen molar-refractivity contribution in [2.75, 3.05) is 37.5 Å². The Labute approximate surface area is 116 Å². The van der Waals surface area contributed by atoms with Gasteiger partial charge < -0.3 is 5.32 Å². The number of rotatable bonds is 7. The van der Waals surface area contributed by atoms with Gasteiger partial charge in [-0.2, -0.15) is 0 Å². The first-order valence-electron chi connectivity index (χ1n) is 6.61. The van der Waals surface area contributed by atoms with Gasteiger partial charge in [-0.05, 0) is 38.3 Å². The van der Waals surface area contributed by atoms with Crippen molar-refractivity contribution < 1.29 is 16.8 Å². The van der Waals surface area contributed by atoms with E-state index >= 15 is 0 Å². The zero-order valence-electron chi connectivity index (χ0n) is 11.6. The second-order valence-electron chi connectivity index (χ2n) is 5.20. The van der Waals surface area contributed by atoms with Crippen molar-refractivity contribution in [3.8, 4) is 0 Å². The lowest BCUT2D eigenvalue weighted by atomic mass is 9.98. The van der Waals surface area contributed by atoms with Gasteiger partial charge in [0.05, 0.1) is 0 Å². The molecule has 0 unspecified atom stereocenters. The largest absolute Gasteiger partial charge is 0.316 e. The number of piperidine rings is 1. The Morgan fingerprint density at radius 1 is 1.16 bits per heavy atom. The van der Waals surface area contributed by atoms with E-state index in [1.165, 1.54) is 4.31 Å². The van der Waals surface area contributed by atoms with Crippen molar-refractivity contribution >= 4 is 19.9 Å². The third kappa shape index (κ3) is 6.20. The smallest absolute Gasteiger partial charge is 0.228 e. The van der Waals surface area contributed by atoms with Crippen molar-refractivity contribution in [1.82, 2.24) is 9.62 Å². The zero-order valence-corrected chi connectivity index (χ0v) is 13.3. The van der Waals surface area contributed by atoms with Gasteiger partial charge in [-0.3, -0.25) is 0 Å². The van der Waals surface area contributed by atoms with E-state index < -0.39 is 24.9 Å². The Bertz CT molecular complexity index is 465. The molecule has 0 radical (unpaired) electrons. The Morgan fingerprint density at radius 3 is 2.21 bits per heavy atom. The van der Waals surface area contributed by atoms with Crippen LogP contribution in [0.3, 0.4) is 0 Å². The average Bonchev–Trinajstić information content (AvgIpc) is 2.27. The summed E-state index contributed by atoms with van der Waals surface area (Å²) < 4.78 is 47.3. The zero-order chi connectivity index (χ0) is 14.5. The molecule has 0 bridgehead atoms. The predicted molar refractivity (Wildman–Crippen MR) is 76.1 cm³/mol. The monoisotopic (exact) mass is 312 g/mol. The number of hydrogen-bond acceptors (Lipinski definition) is 5. The second-order valence-corrected chi connectivity index (χ2v) is 9.68. The van der Waals surface area contributed by atoms with E-state index in [4.69, 9.17) is 0 Å². The topological polar surface area (TPSA) is 83.6 Å². The van der Waals surface area contributed by atoms with Crippen molar-refractivity contribution in [3.63, 3.8) is 0 Å². The van der Waals surface area contributed by atoms with E-state index in [-0.39, 0.29) is 0 Å². The Morgan fingerprint density at radius 2 is 1.74 bits per heavy atom. The summed E-state index contributed by atoms with van der Waals surface area (Å²) in [5.74, 6) is 0.483. The maximum Gasteiger partial charge on any atom is 0.228 e. The standard InChI is InChI=1S/C11H24N2O4S2/c1-3-6-12-9-11-4-7-13(8-5-11)19(16,17)10-18(2,14)15/h11-12H,3-10H2,1-2H3. The van der Waals surface area contributed by atoms with E-state index in [1.54, 1.807) is 0 Å². The average molecular weight is 312 g/mol. The van der Waals surface area contributed by atoms with Crippen molar-refractivity contribution in [2.24, 2.45) is 5.92 Å². The predicted octanol–water partition coefficient (Wildman–Crippen LogP) is 0.0299. The Kier molecular flexibility index (Phi) is 6.22. The van der Waals surface area contributed by atoms with E-state index in [1.807, 2.05) is 0 Å². The highest BCUT2D eigenvalue weighted by molar-refractivity contribution is 8.06. The van der Waals surface area contributed by atoms with Crippen LogP contribution in [0.15, 0.2) is 0 Å². The number of sulfone groups is 1. The summed E-state index contributed by atoms with van der Waals surface area (Å²) in [6, 6.07) is 0. The molecule has 1 aliphatic rings. The van der Waals surface area contributed by atoms with Gasteiger partial charge >= 0.3 is 0 Å². The first-order chi connectivity index (χ1) is 8.74. The minimum absolute atomic E-state index is 0.427. The third-order valence-electron chi connectivity index (χ3n) is 3.19. The molecule has 1 heterocycles. The summed E-state index contributed by atoms with van der Waals surface area (Å²) in [7, 11) is -7.17. The van der Waals surface area contributed by atoms with E-state index in [0.29, 0.717) is 19.0 Å². The summed E-state index contributed by atoms with van der Waals surface area (Å²) in [5.41, 5.74) is 0. The molecule has 0 aromatic rings. The molecule has 114 valence electrons. The normalized spacial score (nSPS) is 19.7. The van der Waals surface area contributed by atoms with Gasteiger partial charge in [-0.25, -0.2) is 21.1 Å². The molecule has 0 aromatic carbocycles. The fraction of sp³-hybridized carbons (Fsp3) is 1.00. The highest BCUT2D eigenvalue weighted by Crippen LogP contribution is 2.19. The summed E-state index contributed by atoms with van der Waals surface area (Å²) in [6.45, 7) is 4.85. The highest BCUT2D eigenvalue weighted by Gasteiger charge is 2.30. The van der Waals surface area contributed by atoms with Crippen LogP contribution in [0, 0.1) is 5.92 Å². The van der Waals surface area contributed by atoms with E-state index in [2.05, 4.69) is 12.2 Å². The molecule has 0 atom stereocenters. The molecule has 0 aromatic heterocycles. The van der Waals surface area contributed by atoms with Crippen LogP contribution in [0.25, 0.3) is 0 Å². The minimum Gasteiger partial charge on any atom is -0.316 e. The first-order valence-corrected chi connectivity index (χ1v) is 10.3. The minimum atomic E-state index is -3.66. The molecule has 0 aliphatic carbocycles. The third-order valence-corrected chi connectivity index (χ3v) is 7.25. The van der Waals surface area contributed by atoms with E-state index in [9.17, 15) is 16.8 Å². The molecule has 1 N–H and O–H groups in total. The van der Waals surface area contributed by atoms with Gasteiger partial charge in [0, 0.05) is 19.3 Å². The molecule has 19 heavy (non-hydrogen) atoms. The van der Waals surface area contributed by atoms with Gasteiger partial charge in [-0.1, -0.05) is 6.92 Å². The van der Waals surface area contributed by atoms with Crippen LogP contribution in [-0.2, 0) is 19.9 Å². The van der Waals surface area contributed by atoms with Crippen LogP contribution in [0.5, 0.6) is 0 Å². The van der Waals surface area contributed by atoms with Crippen molar-refractivity contribution in [1.29, 1.82) is 0 Å². The van der Waals surface area contributed by atoms with Crippen LogP contribution < -0.4 is 5.32 Å². The molecule has 8 heteroatoms. The summed E-state index contributed by atoms with van der Waals surface area (Å²) in [4.78, 5) is 0. The summed E-state index contributed by atoms with van der Waals surface area (Å²) in [6.07, 6.45) is 3.62. The number of nitrogens with zero attached hydrogens (tertiary/aromatic N) is 1. The van der Waals surface area contributed by atoms with Crippen LogP contribution in [-0.4, -0.2) is 58.7 Å². The maximum atomic E-state index is 11.9. The molecular weight excluding hydrogens is 288 g/mol. The lowest BCUT2D eigenvalue weighted by Crippen LogP contribution is -2.42. The SMILES string of the molecule is CCCNCC1CCN(S(=O)(=O)CS(C)(=O)=O)CC1. The number of hydrogen-bond donors (Lipinski definition) is 1. The van der Waals surface area contributed by atoms with Crippen LogP contribution in [0.2, 0.25) is 0 Å². The van der Waals surface area contributed by atoms with Crippen LogP contribution >= 0.6 is 0 Å². The Hall–Kier alpha value is -0.180. The molecule has 0 amide bonds. The van der Waals surface area contributed by atoms with Gasteiger partial charge in [-0.15, -0.1) is 0 Å².